The molecule has 0 aliphatic rings. The van der Waals surface area contributed by atoms with Gasteiger partial charge in [0.05, 0.1) is 0 Å². The Morgan fingerprint density at radius 2 is 1.68 bits per heavy atom. The molecule has 1 unspecified atom stereocenters. The van der Waals surface area contributed by atoms with Crippen LogP contribution in [0.4, 0.5) is 4.79 Å². The Morgan fingerprint density at radius 3 is 2.26 bits per heavy atom. The lowest BCUT2D eigenvalue weighted by Crippen LogP contribution is -2.37. The van der Waals surface area contributed by atoms with Crippen LogP contribution in [0.3, 0.4) is 0 Å². The Balaban J connectivity index is 3.72. The molecule has 5 nitrogen and oxygen atoms in total. The molecule has 2 amide bonds. The zero-order valence-corrected chi connectivity index (χ0v) is 12.2. The van der Waals surface area contributed by atoms with Crippen LogP contribution in [-0.4, -0.2) is 30.2 Å². The first-order valence-electron chi connectivity index (χ1n) is 7.33. The molecule has 0 spiro atoms. The van der Waals surface area contributed by atoms with E-state index in [-0.39, 0.29) is 12.5 Å². The smallest absolute Gasteiger partial charge is 0.314 e. The van der Waals surface area contributed by atoms with Crippen molar-refractivity contribution in [3.63, 3.8) is 0 Å². The number of carboxylic acid groups (broad SMARTS) is 1. The zero-order valence-electron chi connectivity index (χ0n) is 12.2. The minimum Gasteiger partial charge on any atom is -0.481 e. The number of urea groups is 1. The van der Waals surface area contributed by atoms with Gasteiger partial charge in [0.25, 0.3) is 0 Å². The average molecular weight is 272 g/mol. The first-order chi connectivity index (χ1) is 9.10. The minimum atomic E-state index is -0.744. The van der Waals surface area contributed by atoms with Gasteiger partial charge in [-0.1, -0.05) is 33.1 Å². The van der Waals surface area contributed by atoms with Crippen molar-refractivity contribution in [3.8, 4) is 0 Å². The highest BCUT2D eigenvalue weighted by atomic mass is 16.4. The van der Waals surface area contributed by atoms with Gasteiger partial charge in [-0.05, 0) is 25.2 Å². The Bertz CT molecular complexity index is 257. The van der Waals surface area contributed by atoms with Gasteiger partial charge in [-0.25, -0.2) is 4.79 Å². The van der Waals surface area contributed by atoms with Gasteiger partial charge in [0.2, 0.25) is 0 Å². The van der Waals surface area contributed by atoms with Crippen LogP contribution in [0.15, 0.2) is 0 Å². The lowest BCUT2D eigenvalue weighted by Gasteiger charge is -2.15. The highest BCUT2D eigenvalue weighted by Crippen LogP contribution is 2.16. The molecule has 0 radical (unpaired) electrons. The third-order valence-corrected chi connectivity index (χ3v) is 3.12. The second-order valence-electron chi connectivity index (χ2n) is 4.91. The third kappa shape index (κ3) is 11.6. The van der Waals surface area contributed by atoms with Crippen LogP contribution in [0.1, 0.15) is 58.8 Å². The predicted octanol–water partition coefficient (Wildman–Crippen LogP) is 2.76. The number of carbonyl (C=O) groups is 2. The topological polar surface area (TPSA) is 78.4 Å². The van der Waals surface area contributed by atoms with E-state index >= 15 is 0 Å². The van der Waals surface area contributed by atoms with Gasteiger partial charge in [0.15, 0.2) is 0 Å². The van der Waals surface area contributed by atoms with Gasteiger partial charge in [0.1, 0.15) is 0 Å². The van der Waals surface area contributed by atoms with Crippen molar-refractivity contribution in [2.45, 2.75) is 58.8 Å². The molecule has 0 aliphatic heterocycles. The molecule has 3 N–H and O–H groups in total. The van der Waals surface area contributed by atoms with E-state index in [1.54, 1.807) is 0 Å². The van der Waals surface area contributed by atoms with Crippen molar-refractivity contribution in [3.05, 3.63) is 0 Å². The van der Waals surface area contributed by atoms with E-state index in [2.05, 4.69) is 24.5 Å². The van der Waals surface area contributed by atoms with Gasteiger partial charge in [-0.2, -0.15) is 0 Å². The Kier molecular flexibility index (Phi) is 11.0. The van der Waals surface area contributed by atoms with Crippen molar-refractivity contribution in [2.24, 2.45) is 5.92 Å². The maximum absolute atomic E-state index is 11.4. The van der Waals surface area contributed by atoms with Crippen LogP contribution in [0, 0.1) is 5.92 Å². The Morgan fingerprint density at radius 1 is 1.00 bits per heavy atom. The quantitative estimate of drug-likeness (QED) is 0.506. The van der Waals surface area contributed by atoms with Gasteiger partial charge in [-0.15, -0.1) is 0 Å². The summed E-state index contributed by atoms with van der Waals surface area (Å²) >= 11 is 0. The second-order valence-corrected chi connectivity index (χ2v) is 4.91. The number of carboxylic acids is 1. The van der Waals surface area contributed by atoms with Gasteiger partial charge < -0.3 is 15.7 Å². The van der Waals surface area contributed by atoms with Gasteiger partial charge in [0, 0.05) is 19.5 Å². The highest BCUT2D eigenvalue weighted by molar-refractivity contribution is 5.73. The summed E-state index contributed by atoms with van der Waals surface area (Å²) in [5.74, 6) is -0.358. The average Bonchev–Trinajstić information content (AvgIpc) is 2.36. The summed E-state index contributed by atoms with van der Waals surface area (Å²) in [7, 11) is 0. The lowest BCUT2D eigenvalue weighted by atomic mass is 9.94. The van der Waals surface area contributed by atoms with E-state index < -0.39 is 5.97 Å². The Labute approximate surface area is 116 Å². The minimum absolute atomic E-state index is 0.123. The fourth-order valence-corrected chi connectivity index (χ4v) is 2.00. The molecule has 0 heterocycles. The largest absolute Gasteiger partial charge is 0.481 e. The number of nitrogens with one attached hydrogen (secondary N) is 2. The van der Waals surface area contributed by atoms with Crippen LogP contribution < -0.4 is 10.6 Å². The van der Waals surface area contributed by atoms with Crippen molar-refractivity contribution < 1.29 is 14.7 Å². The van der Waals surface area contributed by atoms with Crippen LogP contribution >= 0.6 is 0 Å². The molecule has 1 atom stereocenters. The number of rotatable bonds is 11. The summed E-state index contributed by atoms with van der Waals surface area (Å²) in [5.41, 5.74) is 0. The Hall–Kier alpha value is -1.26. The maximum atomic E-state index is 11.4. The highest BCUT2D eigenvalue weighted by Gasteiger charge is 2.10. The number of amides is 2. The molecule has 0 saturated heterocycles. The van der Waals surface area contributed by atoms with Crippen LogP contribution in [0.2, 0.25) is 0 Å². The lowest BCUT2D eigenvalue weighted by molar-refractivity contribution is -0.137. The monoisotopic (exact) mass is 272 g/mol. The van der Waals surface area contributed by atoms with E-state index in [9.17, 15) is 9.59 Å². The summed E-state index contributed by atoms with van der Waals surface area (Å²) in [6.45, 7) is 5.50. The molecule has 0 saturated carbocycles. The van der Waals surface area contributed by atoms with Crippen molar-refractivity contribution in [1.29, 1.82) is 0 Å². The first-order valence-corrected chi connectivity index (χ1v) is 7.33. The van der Waals surface area contributed by atoms with E-state index in [1.165, 1.54) is 0 Å². The zero-order chi connectivity index (χ0) is 14.5. The van der Waals surface area contributed by atoms with Crippen LogP contribution in [0.5, 0.6) is 0 Å². The summed E-state index contributed by atoms with van der Waals surface area (Å²) in [5, 5.41) is 14.3. The molecule has 0 aromatic rings. The summed E-state index contributed by atoms with van der Waals surface area (Å²) < 4.78 is 0. The van der Waals surface area contributed by atoms with Crippen molar-refractivity contribution in [1.82, 2.24) is 10.6 Å². The predicted molar refractivity (Wildman–Crippen MR) is 76.2 cm³/mol. The molecule has 0 rings (SSSR count). The first kappa shape index (κ1) is 17.7. The molecule has 0 bridgehead atoms. The fourth-order valence-electron chi connectivity index (χ4n) is 2.00. The number of hydrogen-bond donors (Lipinski definition) is 3. The second kappa shape index (κ2) is 11.8. The fraction of sp³-hybridized carbons (Fsp3) is 0.857. The molecule has 5 heteroatoms. The maximum Gasteiger partial charge on any atom is 0.314 e. The molecule has 0 aromatic carbocycles. The molecule has 0 fully saturated rings. The number of unbranched alkanes of at least 4 members (excludes halogenated alkanes) is 1. The molecule has 19 heavy (non-hydrogen) atoms. The number of carbonyl (C=O) groups excluding carboxylic acids is 1. The summed E-state index contributed by atoms with van der Waals surface area (Å²) in [6, 6.07) is -0.123. The number of aliphatic carboxylic acids is 1. The molecular weight excluding hydrogens is 244 g/mol. The standard InChI is InChI=1S/C14H28N2O3/c1-3-5-10-15-14(19)16-11-9-12(6-4-2)7-8-13(17)18/h12H,3-11H2,1-2H3,(H,17,18)(H2,15,16,19). The van der Waals surface area contributed by atoms with Gasteiger partial charge in [-0.3, -0.25) is 4.79 Å². The molecular formula is C14H28N2O3. The summed E-state index contributed by atoms with van der Waals surface area (Å²) in [6.07, 6.45) is 5.88. The number of hydrogen-bond acceptors (Lipinski definition) is 2. The van der Waals surface area contributed by atoms with Crippen LogP contribution in [-0.2, 0) is 4.79 Å². The van der Waals surface area contributed by atoms with Crippen molar-refractivity contribution >= 4 is 12.0 Å². The molecule has 0 aliphatic carbocycles. The molecule has 112 valence electrons. The van der Waals surface area contributed by atoms with Crippen molar-refractivity contribution in [2.75, 3.05) is 13.1 Å². The van der Waals surface area contributed by atoms with E-state index in [1.807, 2.05) is 0 Å². The van der Waals surface area contributed by atoms with E-state index in [0.29, 0.717) is 25.4 Å². The summed E-state index contributed by atoms with van der Waals surface area (Å²) in [4.78, 5) is 22.0. The molecule has 0 aromatic heterocycles. The van der Waals surface area contributed by atoms with E-state index in [4.69, 9.17) is 5.11 Å². The normalized spacial score (nSPS) is 11.9. The SMILES string of the molecule is CCCCNC(=O)NCCC(CCC)CCC(=O)O. The third-order valence-electron chi connectivity index (χ3n) is 3.12. The van der Waals surface area contributed by atoms with E-state index in [0.717, 1.165) is 32.1 Å². The van der Waals surface area contributed by atoms with Gasteiger partial charge >= 0.3 is 12.0 Å². The van der Waals surface area contributed by atoms with Crippen LogP contribution in [0.25, 0.3) is 0 Å².